The normalized spacial score (nSPS) is 17.1. The molecule has 3 heteroatoms. The predicted octanol–water partition coefficient (Wildman–Crippen LogP) is 5.28. The van der Waals surface area contributed by atoms with E-state index < -0.39 is 0 Å². The molecule has 0 saturated heterocycles. The molecule has 2 N–H and O–H groups in total. The van der Waals surface area contributed by atoms with Crippen molar-refractivity contribution in [3.63, 3.8) is 0 Å². The molecule has 0 fully saturated rings. The average Bonchev–Trinajstić information content (AvgIpc) is 2.79. The number of quaternary nitrogens is 1. The van der Waals surface area contributed by atoms with Crippen LogP contribution in [0, 0.1) is 0 Å². The van der Waals surface area contributed by atoms with Crippen molar-refractivity contribution < 1.29 is 5.32 Å². The fourth-order valence-corrected chi connectivity index (χ4v) is 5.10. The van der Waals surface area contributed by atoms with Crippen LogP contribution >= 0.6 is 23.4 Å². The second kappa shape index (κ2) is 7.87. The van der Waals surface area contributed by atoms with Gasteiger partial charge in [0, 0.05) is 33.2 Å². The second-order valence-electron chi connectivity index (χ2n) is 7.06. The van der Waals surface area contributed by atoms with Crippen LogP contribution in [0.15, 0.2) is 82.6 Å². The standard InChI is InChI=1S/C23H22ClNS/c1-16(13-17-7-3-2-4-8-17)25-21-15-18-14-19(24)11-12-22(18)26-23-10-6-5-9-20(21)23/h2-12,14,16,21,25H,13,15H2,1H3/p+1/t16-,21+/m1/s1. The summed E-state index contributed by atoms with van der Waals surface area (Å²) in [6.45, 7) is 2.33. The van der Waals surface area contributed by atoms with Gasteiger partial charge in [0.2, 0.25) is 0 Å². The predicted molar refractivity (Wildman–Crippen MR) is 110 cm³/mol. The molecule has 1 nitrogen and oxygen atoms in total. The highest BCUT2D eigenvalue weighted by atomic mass is 35.5. The summed E-state index contributed by atoms with van der Waals surface area (Å²) in [6, 6.07) is 26.8. The summed E-state index contributed by atoms with van der Waals surface area (Å²) in [6.07, 6.45) is 2.09. The van der Waals surface area contributed by atoms with Crippen molar-refractivity contribution >= 4 is 23.4 Å². The van der Waals surface area contributed by atoms with Crippen molar-refractivity contribution in [3.8, 4) is 0 Å². The number of hydrogen-bond donors (Lipinski definition) is 1. The summed E-state index contributed by atoms with van der Waals surface area (Å²) in [5.41, 5.74) is 4.19. The first-order valence-electron chi connectivity index (χ1n) is 9.13. The third-order valence-corrected chi connectivity index (χ3v) is 6.41. The van der Waals surface area contributed by atoms with Crippen LogP contribution < -0.4 is 5.32 Å². The van der Waals surface area contributed by atoms with E-state index in [-0.39, 0.29) is 0 Å². The van der Waals surface area contributed by atoms with Gasteiger partial charge in [-0.25, -0.2) is 0 Å². The molecule has 0 amide bonds. The molecule has 3 aromatic rings. The summed E-state index contributed by atoms with van der Waals surface area (Å²) in [5, 5.41) is 3.36. The van der Waals surface area contributed by atoms with E-state index in [1.807, 2.05) is 17.8 Å². The molecular weight excluding hydrogens is 358 g/mol. The summed E-state index contributed by atoms with van der Waals surface area (Å²) in [5.74, 6) is 0. The van der Waals surface area contributed by atoms with Crippen LogP contribution in [0.3, 0.4) is 0 Å². The number of nitrogens with two attached hydrogens (primary N) is 1. The fraction of sp³-hybridized carbons (Fsp3) is 0.217. The lowest BCUT2D eigenvalue weighted by Gasteiger charge is -2.21. The minimum absolute atomic E-state index is 0.414. The van der Waals surface area contributed by atoms with E-state index in [0.29, 0.717) is 12.1 Å². The van der Waals surface area contributed by atoms with Gasteiger partial charge in [-0.05, 0) is 42.3 Å². The molecule has 0 bridgehead atoms. The molecule has 2 atom stereocenters. The highest BCUT2D eigenvalue weighted by molar-refractivity contribution is 7.99. The number of hydrogen-bond acceptors (Lipinski definition) is 1. The monoisotopic (exact) mass is 380 g/mol. The van der Waals surface area contributed by atoms with Crippen molar-refractivity contribution in [2.45, 2.75) is 41.6 Å². The lowest BCUT2D eigenvalue weighted by molar-refractivity contribution is -0.725. The first-order valence-corrected chi connectivity index (χ1v) is 10.3. The van der Waals surface area contributed by atoms with Crippen molar-refractivity contribution in [2.75, 3.05) is 0 Å². The van der Waals surface area contributed by atoms with Gasteiger partial charge in [-0.1, -0.05) is 71.9 Å². The lowest BCUT2D eigenvalue weighted by Crippen LogP contribution is -2.91. The number of benzene rings is 3. The van der Waals surface area contributed by atoms with Crippen molar-refractivity contribution in [1.82, 2.24) is 0 Å². The molecule has 0 unspecified atom stereocenters. The van der Waals surface area contributed by atoms with Crippen LogP contribution in [-0.2, 0) is 12.8 Å². The zero-order valence-electron chi connectivity index (χ0n) is 14.9. The first kappa shape index (κ1) is 17.7. The zero-order valence-corrected chi connectivity index (χ0v) is 16.4. The summed E-state index contributed by atoms with van der Waals surface area (Å²) in [4.78, 5) is 2.69. The molecule has 0 saturated carbocycles. The topological polar surface area (TPSA) is 16.6 Å². The largest absolute Gasteiger partial charge is 0.337 e. The third kappa shape index (κ3) is 3.98. The summed E-state index contributed by atoms with van der Waals surface area (Å²) in [7, 11) is 0. The maximum Gasteiger partial charge on any atom is 0.117 e. The van der Waals surface area contributed by atoms with E-state index in [0.717, 1.165) is 17.9 Å². The van der Waals surface area contributed by atoms with E-state index in [9.17, 15) is 0 Å². The smallest absolute Gasteiger partial charge is 0.117 e. The van der Waals surface area contributed by atoms with Gasteiger partial charge in [-0.2, -0.15) is 0 Å². The van der Waals surface area contributed by atoms with Gasteiger partial charge in [0.15, 0.2) is 0 Å². The maximum atomic E-state index is 6.28. The molecule has 0 aliphatic carbocycles. The first-order chi connectivity index (χ1) is 12.7. The minimum Gasteiger partial charge on any atom is -0.337 e. The molecule has 0 spiro atoms. The van der Waals surface area contributed by atoms with Gasteiger partial charge >= 0.3 is 0 Å². The SMILES string of the molecule is C[C@H](Cc1ccccc1)[NH2+][C@H]1Cc2cc(Cl)ccc2Sc2ccccc21. The number of fused-ring (bicyclic) bond motifs is 2. The maximum absolute atomic E-state index is 6.28. The van der Waals surface area contributed by atoms with Crippen LogP contribution in [0.4, 0.5) is 0 Å². The third-order valence-electron chi connectivity index (χ3n) is 4.96. The Kier molecular flexibility index (Phi) is 5.35. The molecule has 4 rings (SSSR count). The molecule has 1 aliphatic rings. The van der Waals surface area contributed by atoms with Gasteiger partial charge < -0.3 is 5.32 Å². The molecule has 0 aromatic heterocycles. The minimum atomic E-state index is 0.414. The van der Waals surface area contributed by atoms with E-state index in [1.54, 1.807) is 0 Å². The van der Waals surface area contributed by atoms with Gasteiger partial charge in [-0.3, -0.25) is 0 Å². The number of halogens is 1. The molecule has 132 valence electrons. The van der Waals surface area contributed by atoms with E-state index >= 15 is 0 Å². The van der Waals surface area contributed by atoms with E-state index in [1.165, 1.54) is 26.5 Å². The van der Waals surface area contributed by atoms with E-state index in [2.05, 4.69) is 79.0 Å². The molecule has 0 radical (unpaired) electrons. The zero-order chi connectivity index (χ0) is 17.9. The Morgan fingerprint density at radius 2 is 1.77 bits per heavy atom. The number of rotatable bonds is 4. The van der Waals surface area contributed by atoms with Crippen LogP contribution in [-0.4, -0.2) is 6.04 Å². The second-order valence-corrected chi connectivity index (χ2v) is 8.58. The Bertz CT molecular complexity index is 894. The van der Waals surface area contributed by atoms with Gasteiger partial charge in [0.05, 0.1) is 6.04 Å². The fourth-order valence-electron chi connectivity index (χ4n) is 3.77. The Labute approximate surface area is 164 Å². The highest BCUT2D eigenvalue weighted by Crippen LogP contribution is 2.40. The van der Waals surface area contributed by atoms with Crippen LogP contribution in [0.2, 0.25) is 5.02 Å². The Morgan fingerprint density at radius 3 is 2.62 bits per heavy atom. The Morgan fingerprint density at radius 1 is 1.00 bits per heavy atom. The van der Waals surface area contributed by atoms with Crippen LogP contribution in [0.25, 0.3) is 0 Å². The molecule has 1 aliphatic heterocycles. The quantitative estimate of drug-likeness (QED) is 0.651. The van der Waals surface area contributed by atoms with Crippen molar-refractivity contribution in [3.05, 3.63) is 94.5 Å². The van der Waals surface area contributed by atoms with Gasteiger partial charge in [0.25, 0.3) is 0 Å². The van der Waals surface area contributed by atoms with Crippen molar-refractivity contribution in [2.24, 2.45) is 0 Å². The molecule has 3 aromatic carbocycles. The molecular formula is C23H23ClNS+. The van der Waals surface area contributed by atoms with E-state index in [4.69, 9.17) is 11.6 Å². The Hall–Kier alpha value is -1.74. The highest BCUT2D eigenvalue weighted by Gasteiger charge is 2.26. The average molecular weight is 381 g/mol. The van der Waals surface area contributed by atoms with Crippen LogP contribution in [0.5, 0.6) is 0 Å². The lowest BCUT2D eigenvalue weighted by atomic mass is 9.97. The molecule has 1 heterocycles. The van der Waals surface area contributed by atoms with Crippen molar-refractivity contribution in [1.29, 1.82) is 0 Å². The van der Waals surface area contributed by atoms with Gasteiger partial charge in [-0.15, -0.1) is 0 Å². The summed E-state index contributed by atoms with van der Waals surface area (Å²) >= 11 is 8.15. The van der Waals surface area contributed by atoms with Crippen LogP contribution in [0.1, 0.15) is 29.7 Å². The Balaban J connectivity index is 1.61. The molecule has 26 heavy (non-hydrogen) atoms. The summed E-state index contributed by atoms with van der Waals surface area (Å²) < 4.78 is 0. The van der Waals surface area contributed by atoms with Gasteiger partial charge in [0.1, 0.15) is 6.04 Å².